The van der Waals surface area contributed by atoms with E-state index in [0.717, 1.165) is 26.4 Å². The van der Waals surface area contributed by atoms with Crippen molar-refractivity contribution >= 4 is 29.2 Å². The Morgan fingerprint density at radius 2 is 1.67 bits per heavy atom. The van der Waals surface area contributed by atoms with Crippen molar-refractivity contribution in [2.24, 2.45) is 0 Å². The average molecular weight is 274 g/mol. The van der Waals surface area contributed by atoms with Crippen LogP contribution < -0.4 is 0 Å². The van der Waals surface area contributed by atoms with Gasteiger partial charge in [-0.2, -0.15) is 0 Å². The highest BCUT2D eigenvalue weighted by atomic mass is 35.5. The zero-order valence-corrected chi connectivity index (χ0v) is 10.2. The third-order valence-electron chi connectivity index (χ3n) is 2.09. The molecule has 0 aliphatic heterocycles. The Bertz CT molecular complexity index is 527. The van der Waals surface area contributed by atoms with Crippen molar-refractivity contribution < 1.29 is 24.0 Å². The number of hydrogen-bond donors (Lipinski definition) is 0. The predicted molar refractivity (Wildman–Crippen MR) is 60.8 cm³/mol. The molecule has 96 valence electrons. The van der Waals surface area contributed by atoms with Gasteiger partial charge < -0.3 is 9.47 Å². The molecule has 0 aromatic heterocycles. The number of esters is 2. The first-order valence-corrected chi connectivity index (χ1v) is 4.94. The van der Waals surface area contributed by atoms with E-state index in [1.165, 1.54) is 0 Å². The summed E-state index contributed by atoms with van der Waals surface area (Å²) in [7, 11) is 2.19. The van der Waals surface area contributed by atoms with Crippen molar-refractivity contribution in [2.75, 3.05) is 14.2 Å². The summed E-state index contributed by atoms with van der Waals surface area (Å²) in [5.41, 5.74) is -1.11. The molecule has 0 saturated heterocycles. The third kappa shape index (κ3) is 2.57. The summed E-state index contributed by atoms with van der Waals surface area (Å²) in [5, 5.41) is 10.7. The standard InChI is InChI=1S/C10H8ClNO6/c1-17-9(13)5-4-8(12(15)16)6(3-7(5)11)10(14)18-2/h3-4H,1-2H3. The van der Waals surface area contributed by atoms with Crippen LogP contribution in [0.1, 0.15) is 20.7 Å². The van der Waals surface area contributed by atoms with E-state index in [4.69, 9.17) is 11.6 Å². The zero-order valence-electron chi connectivity index (χ0n) is 9.43. The minimum atomic E-state index is -0.917. The summed E-state index contributed by atoms with van der Waals surface area (Å²) in [6, 6.07) is 1.87. The molecule has 0 saturated carbocycles. The van der Waals surface area contributed by atoms with Gasteiger partial charge in [0.1, 0.15) is 5.56 Å². The summed E-state index contributed by atoms with van der Waals surface area (Å²) in [4.78, 5) is 32.7. The second-order valence-electron chi connectivity index (χ2n) is 3.09. The van der Waals surface area contributed by atoms with Crippen molar-refractivity contribution in [1.29, 1.82) is 0 Å². The minimum Gasteiger partial charge on any atom is -0.465 e. The SMILES string of the molecule is COC(=O)c1cc([N+](=O)[O-])c(C(=O)OC)cc1Cl. The smallest absolute Gasteiger partial charge is 0.344 e. The van der Waals surface area contributed by atoms with E-state index in [9.17, 15) is 19.7 Å². The minimum absolute atomic E-state index is 0.132. The summed E-state index contributed by atoms with van der Waals surface area (Å²) >= 11 is 5.75. The Morgan fingerprint density at radius 1 is 1.17 bits per heavy atom. The number of ether oxygens (including phenoxy) is 2. The highest BCUT2D eigenvalue weighted by Crippen LogP contribution is 2.28. The van der Waals surface area contributed by atoms with Crippen LogP contribution in [0.3, 0.4) is 0 Å². The Labute approximate surface area is 106 Å². The first kappa shape index (κ1) is 13.9. The lowest BCUT2D eigenvalue weighted by molar-refractivity contribution is -0.385. The van der Waals surface area contributed by atoms with Gasteiger partial charge in [-0.1, -0.05) is 11.6 Å². The Kier molecular flexibility index (Phi) is 4.22. The van der Waals surface area contributed by atoms with Crippen LogP contribution in [0.15, 0.2) is 12.1 Å². The largest absolute Gasteiger partial charge is 0.465 e. The van der Waals surface area contributed by atoms with Gasteiger partial charge in [-0.15, -0.1) is 0 Å². The van der Waals surface area contributed by atoms with Crippen molar-refractivity contribution in [3.8, 4) is 0 Å². The normalized spacial score (nSPS) is 9.72. The molecule has 0 N–H and O–H groups in total. The number of nitro benzene ring substituents is 1. The van der Waals surface area contributed by atoms with E-state index in [1.807, 2.05) is 0 Å². The number of hydrogen-bond acceptors (Lipinski definition) is 6. The number of methoxy groups -OCH3 is 2. The first-order valence-electron chi connectivity index (χ1n) is 4.57. The van der Waals surface area contributed by atoms with E-state index in [2.05, 4.69) is 9.47 Å². The molecule has 1 aromatic rings. The molecular formula is C10H8ClNO6. The average Bonchev–Trinajstić information content (AvgIpc) is 2.36. The molecule has 0 aliphatic carbocycles. The fraction of sp³-hybridized carbons (Fsp3) is 0.200. The summed E-state index contributed by atoms with van der Waals surface area (Å²) < 4.78 is 8.81. The number of nitro groups is 1. The van der Waals surface area contributed by atoms with Crippen LogP contribution >= 0.6 is 11.6 Å². The molecule has 1 rings (SSSR count). The van der Waals surface area contributed by atoms with Gasteiger partial charge in [-0.25, -0.2) is 9.59 Å². The van der Waals surface area contributed by atoms with Crippen LogP contribution in [-0.2, 0) is 9.47 Å². The molecular weight excluding hydrogens is 266 g/mol. The van der Waals surface area contributed by atoms with Crippen molar-refractivity contribution in [3.63, 3.8) is 0 Å². The molecule has 0 atom stereocenters. The van der Waals surface area contributed by atoms with Crippen LogP contribution in [0.2, 0.25) is 5.02 Å². The van der Waals surface area contributed by atoms with Gasteiger partial charge in [-0.05, 0) is 6.07 Å². The van der Waals surface area contributed by atoms with Gasteiger partial charge in [0, 0.05) is 6.07 Å². The molecule has 0 bridgehead atoms. The van der Waals surface area contributed by atoms with Crippen molar-refractivity contribution in [2.45, 2.75) is 0 Å². The van der Waals surface area contributed by atoms with Crippen LogP contribution in [0.5, 0.6) is 0 Å². The van der Waals surface area contributed by atoms with Crippen LogP contribution in [0.4, 0.5) is 5.69 Å². The van der Waals surface area contributed by atoms with Crippen molar-refractivity contribution in [1.82, 2.24) is 0 Å². The molecule has 0 spiro atoms. The highest BCUT2D eigenvalue weighted by Gasteiger charge is 2.26. The van der Waals surface area contributed by atoms with Crippen molar-refractivity contribution in [3.05, 3.63) is 38.4 Å². The Balaban J connectivity index is 3.48. The number of benzene rings is 1. The molecule has 0 radical (unpaired) electrons. The van der Waals surface area contributed by atoms with Gasteiger partial charge in [0.25, 0.3) is 5.69 Å². The van der Waals surface area contributed by atoms with Crippen LogP contribution in [-0.4, -0.2) is 31.1 Å². The molecule has 18 heavy (non-hydrogen) atoms. The summed E-state index contributed by atoms with van der Waals surface area (Å²) in [5.74, 6) is -1.75. The Morgan fingerprint density at radius 3 is 2.11 bits per heavy atom. The second-order valence-corrected chi connectivity index (χ2v) is 3.50. The second kappa shape index (κ2) is 5.46. The molecule has 8 heteroatoms. The maximum absolute atomic E-state index is 11.3. The lowest BCUT2D eigenvalue weighted by Gasteiger charge is -2.05. The van der Waals surface area contributed by atoms with Gasteiger partial charge in [0.15, 0.2) is 0 Å². The maximum atomic E-state index is 11.3. The van der Waals surface area contributed by atoms with E-state index in [1.54, 1.807) is 0 Å². The van der Waals surface area contributed by atoms with Gasteiger partial charge in [-0.3, -0.25) is 10.1 Å². The molecule has 0 heterocycles. The zero-order chi connectivity index (χ0) is 13.9. The van der Waals surface area contributed by atoms with E-state index in [-0.39, 0.29) is 16.1 Å². The summed E-state index contributed by atoms with van der Waals surface area (Å²) in [6.45, 7) is 0. The molecule has 0 amide bonds. The predicted octanol–water partition coefficient (Wildman–Crippen LogP) is 1.82. The quantitative estimate of drug-likeness (QED) is 0.473. The molecule has 1 aromatic carbocycles. The monoisotopic (exact) mass is 273 g/mol. The van der Waals surface area contributed by atoms with E-state index >= 15 is 0 Å². The van der Waals surface area contributed by atoms with Gasteiger partial charge >= 0.3 is 11.9 Å². The van der Waals surface area contributed by atoms with Gasteiger partial charge in [0.05, 0.1) is 29.7 Å². The molecule has 7 nitrogen and oxygen atoms in total. The molecule has 0 fully saturated rings. The molecule has 0 unspecified atom stereocenters. The lowest BCUT2D eigenvalue weighted by atomic mass is 10.1. The fourth-order valence-electron chi connectivity index (χ4n) is 1.25. The number of nitrogens with zero attached hydrogens (tertiary/aromatic N) is 1. The highest BCUT2D eigenvalue weighted by molar-refractivity contribution is 6.34. The van der Waals surface area contributed by atoms with Gasteiger partial charge in [0.2, 0.25) is 0 Å². The number of rotatable bonds is 3. The van der Waals surface area contributed by atoms with E-state index < -0.39 is 22.5 Å². The maximum Gasteiger partial charge on any atom is 0.344 e. The summed E-state index contributed by atoms with van der Waals surface area (Å²) in [6.07, 6.45) is 0. The molecule has 0 aliphatic rings. The topological polar surface area (TPSA) is 95.7 Å². The number of halogens is 1. The lowest BCUT2D eigenvalue weighted by Crippen LogP contribution is -2.09. The van der Waals surface area contributed by atoms with Crippen LogP contribution in [0.25, 0.3) is 0 Å². The van der Waals surface area contributed by atoms with Crippen LogP contribution in [0, 0.1) is 10.1 Å². The number of carbonyl (C=O) groups excluding carboxylic acids is 2. The Hall–Kier alpha value is -2.15. The van der Waals surface area contributed by atoms with E-state index in [0.29, 0.717) is 0 Å². The fourth-order valence-corrected chi connectivity index (χ4v) is 1.49. The number of carbonyl (C=O) groups is 2. The first-order chi connectivity index (χ1) is 8.42. The third-order valence-corrected chi connectivity index (χ3v) is 2.41.